The summed E-state index contributed by atoms with van der Waals surface area (Å²) < 4.78 is 5.15. The van der Waals surface area contributed by atoms with E-state index in [0.717, 1.165) is 11.1 Å². The summed E-state index contributed by atoms with van der Waals surface area (Å²) in [6.07, 6.45) is 1.53. The number of nitrogens with zero attached hydrogens (tertiary/aromatic N) is 1. The van der Waals surface area contributed by atoms with Crippen LogP contribution in [0.15, 0.2) is 22.9 Å². The summed E-state index contributed by atoms with van der Waals surface area (Å²) in [6, 6.07) is 4.22. The van der Waals surface area contributed by atoms with Crippen LogP contribution in [0.5, 0.6) is 0 Å². The molecule has 1 aromatic heterocycles. The van der Waals surface area contributed by atoms with E-state index in [4.69, 9.17) is 10.3 Å². The summed E-state index contributed by atoms with van der Waals surface area (Å²) in [5.41, 5.74) is 11.0. The quantitative estimate of drug-likeness (QED) is 0.773. The lowest BCUT2D eigenvalue weighted by atomic mass is 9.99. The predicted octanol–water partition coefficient (Wildman–Crippen LogP) is 2.85. The minimum atomic E-state index is 0.585. The molecule has 0 atom stereocenters. The summed E-state index contributed by atoms with van der Waals surface area (Å²) in [5.74, 6) is 0.663. The predicted molar refractivity (Wildman–Crippen MR) is 60.6 cm³/mol. The van der Waals surface area contributed by atoms with Gasteiger partial charge in [-0.1, -0.05) is 11.2 Å². The molecule has 1 heterocycles. The third-order valence-electron chi connectivity index (χ3n) is 2.68. The van der Waals surface area contributed by atoms with Crippen molar-refractivity contribution < 1.29 is 4.52 Å². The molecule has 2 aromatic rings. The van der Waals surface area contributed by atoms with Gasteiger partial charge in [-0.2, -0.15) is 0 Å². The zero-order chi connectivity index (χ0) is 11.0. The fourth-order valence-electron chi connectivity index (χ4n) is 1.66. The topological polar surface area (TPSA) is 52.0 Å². The van der Waals surface area contributed by atoms with E-state index in [9.17, 15) is 0 Å². The van der Waals surface area contributed by atoms with E-state index in [1.807, 2.05) is 6.92 Å². The minimum Gasteiger partial charge on any atom is -0.394 e. The third kappa shape index (κ3) is 1.61. The third-order valence-corrected chi connectivity index (χ3v) is 2.68. The van der Waals surface area contributed by atoms with Crippen LogP contribution < -0.4 is 5.73 Å². The highest BCUT2D eigenvalue weighted by Crippen LogP contribution is 2.30. The Morgan fingerprint density at radius 2 is 1.73 bits per heavy atom. The van der Waals surface area contributed by atoms with Gasteiger partial charge in [0, 0.05) is 5.56 Å². The molecule has 0 saturated heterocycles. The first kappa shape index (κ1) is 9.77. The number of anilines is 1. The van der Waals surface area contributed by atoms with Gasteiger partial charge >= 0.3 is 0 Å². The van der Waals surface area contributed by atoms with Crippen LogP contribution in [0.1, 0.15) is 16.7 Å². The summed E-state index contributed by atoms with van der Waals surface area (Å²) in [7, 11) is 0. The van der Waals surface area contributed by atoms with Crippen molar-refractivity contribution in [3.05, 3.63) is 35.0 Å². The van der Waals surface area contributed by atoms with Crippen LogP contribution in [0.2, 0.25) is 0 Å². The van der Waals surface area contributed by atoms with Gasteiger partial charge in [0.25, 0.3) is 0 Å². The Hall–Kier alpha value is -1.77. The van der Waals surface area contributed by atoms with E-state index in [0.29, 0.717) is 11.4 Å². The molecule has 78 valence electrons. The van der Waals surface area contributed by atoms with Gasteiger partial charge in [0.1, 0.15) is 5.69 Å². The smallest absolute Gasteiger partial charge is 0.189 e. The Labute approximate surface area is 88.9 Å². The maximum atomic E-state index is 5.77. The highest BCUT2D eigenvalue weighted by molar-refractivity contribution is 5.73. The second kappa shape index (κ2) is 3.42. The van der Waals surface area contributed by atoms with Crippen molar-refractivity contribution >= 4 is 5.69 Å². The lowest BCUT2D eigenvalue weighted by molar-refractivity contribution is 0.432. The molecule has 2 N–H and O–H groups in total. The highest BCUT2D eigenvalue weighted by Gasteiger charge is 2.11. The van der Waals surface area contributed by atoms with Gasteiger partial charge in [0.15, 0.2) is 5.76 Å². The average Bonchev–Trinajstić information content (AvgIpc) is 2.58. The molecule has 0 radical (unpaired) electrons. The lowest BCUT2D eigenvalue weighted by Gasteiger charge is -2.07. The number of benzene rings is 1. The molecule has 0 bridgehead atoms. The molecule has 0 fully saturated rings. The van der Waals surface area contributed by atoms with E-state index in [1.165, 1.54) is 17.3 Å². The van der Waals surface area contributed by atoms with Gasteiger partial charge in [0.05, 0.1) is 6.20 Å². The Morgan fingerprint density at radius 1 is 1.07 bits per heavy atom. The number of hydrogen-bond acceptors (Lipinski definition) is 3. The minimum absolute atomic E-state index is 0.585. The Morgan fingerprint density at radius 3 is 2.33 bits per heavy atom. The van der Waals surface area contributed by atoms with Crippen molar-refractivity contribution in [1.29, 1.82) is 0 Å². The van der Waals surface area contributed by atoms with E-state index in [1.54, 1.807) is 0 Å². The number of nitrogen functional groups attached to an aromatic ring is 1. The van der Waals surface area contributed by atoms with Gasteiger partial charge in [-0.25, -0.2) is 0 Å². The van der Waals surface area contributed by atoms with Crippen molar-refractivity contribution in [2.45, 2.75) is 20.8 Å². The van der Waals surface area contributed by atoms with Crippen molar-refractivity contribution in [2.75, 3.05) is 5.73 Å². The molecule has 0 aliphatic heterocycles. The molecule has 0 amide bonds. The normalized spacial score (nSPS) is 10.6. The summed E-state index contributed by atoms with van der Waals surface area (Å²) in [6.45, 7) is 6.21. The largest absolute Gasteiger partial charge is 0.394 e. The first-order valence-corrected chi connectivity index (χ1v) is 4.88. The number of hydrogen-bond donors (Lipinski definition) is 1. The molecule has 15 heavy (non-hydrogen) atoms. The number of aryl methyl sites for hydroxylation is 3. The summed E-state index contributed by atoms with van der Waals surface area (Å²) in [4.78, 5) is 0. The van der Waals surface area contributed by atoms with Crippen LogP contribution in [-0.4, -0.2) is 5.16 Å². The van der Waals surface area contributed by atoms with Crippen molar-refractivity contribution in [3.63, 3.8) is 0 Å². The number of nitrogens with two attached hydrogens (primary N) is 1. The summed E-state index contributed by atoms with van der Waals surface area (Å²) in [5, 5.41) is 3.69. The monoisotopic (exact) mass is 202 g/mol. The maximum absolute atomic E-state index is 5.77. The fourth-order valence-corrected chi connectivity index (χ4v) is 1.66. The molecule has 0 saturated carbocycles. The second-order valence-electron chi connectivity index (χ2n) is 3.86. The molecule has 0 unspecified atom stereocenters. The Kier molecular flexibility index (Phi) is 2.23. The van der Waals surface area contributed by atoms with E-state index in [-0.39, 0.29) is 0 Å². The second-order valence-corrected chi connectivity index (χ2v) is 3.86. The first-order chi connectivity index (χ1) is 7.09. The maximum Gasteiger partial charge on any atom is 0.189 e. The molecule has 3 nitrogen and oxygen atoms in total. The molecule has 3 heteroatoms. The van der Waals surface area contributed by atoms with Gasteiger partial charge in [-0.05, 0) is 43.5 Å². The molecule has 1 aromatic carbocycles. The molecule has 0 aliphatic carbocycles. The van der Waals surface area contributed by atoms with E-state index >= 15 is 0 Å². The van der Waals surface area contributed by atoms with Crippen LogP contribution in [-0.2, 0) is 0 Å². The van der Waals surface area contributed by atoms with Crippen molar-refractivity contribution in [3.8, 4) is 11.3 Å². The van der Waals surface area contributed by atoms with Crippen LogP contribution >= 0.6 is 0 Å². The highest BCUT2D eigenvalue weighted by atomic mass is 16.5. The van der Waals surface area contributed by atoms with Crippen molar-refractivity contribution in [1.82, 2.24) is 5.16 Å². The standard InChI is InChI=1S/C12H14N2O/c1-7-4-9(3)10(5-8(7)2)12-11(13)6-14-15-12/h4-6H,13H2,1-3H3. The van der Waals surface area contributed by atoms with Crippen LogP contribution in [0.4, 0.5) is 5.69 Å². The van der Waals surface area contributed by atoms with Gasteiger partial charge in [-0.3, -0.25) is 0 Å². The zero-order valence-corrected chi connectivity index (χ0v) is 9.16. The Balaban J connectivity index is 2.64. The molecular formula is C12H14N2O. The molecular weight excluding hydrogens is 188 g/mol. The van der Waals surface area contributed by atoms with E-state index < -0.39 is 0 Å². The molecule has 0 spiro atoms. The lowest BCUT2D eigenvalue weighted by Crippen LogP contribution is -1.90. The van der Waals surface area contributed by atoms with Crippen LogP contribution in [0, 0.1) is 20.8 Å². The Bertz CT molecular complexity index is 500. The molecule has 2 rings (SSSR count). The van der Waals surface area contributed by atoms with Gasteiger partial charge in [-0.15, -0.1) is 0 Å². The van der Waals surface area contributed by atoms with Crippen molar-refractivity contribution in [2.24, 2.45) is 0 Å². The van der Waals surface area contributed by atoms with Crippen LogP contribution in [0.25, 0.3) is 11.3 Å². The van der Waals surface area contributed by atoms with Gasteiger partial charge in [0.2, 0.25) is 0 Å². The molecule has 0 aliphatic rings. The number of rotatable bonds is 1. The summed E-state index contributed by atoms with van der Waals surface area (Å²) >= 11 is 0. The fraction of sp³-hybridized carbons (Fsp3) is 0.250. The van der Waals surface area contributed by atoms with Gasteiger partial charge < -0.3 is 10.3 Å². The zero-order valence-electron chi connectivity index (χ0n) is 9.16. The number of aromatic nitrogens is 1. The van der Waals surface area contributed by atoms with E-state index in [2.05, 4.69) is 31.1 Å². The van der Waals surface area contributed by atoms with Crippen LogP contribution in [0.3, 0.4) is 0 Å². The first-order valence-electron chi connectivity index (χ1n) is 4.88. The average molecular weight is 202 g/mol. The SMILES string of the molecule is Cc1cc(C)c(-c2oncc2N)cc1C.